The Bertz CT molecular complexity index is 808. The smallest absolute Gasteiger partial charge is 0.0375 e. The van der Waals surface area contributed by atoms with Crippen molar-refractivity contribution in [1.82, 2.24) is 4.98 Å². The summed E-state index contributed by atoms with van der Waals surface area (Å²) in [6, 6.07) is 21.8. The van der Waals surface area contributed by atoms with Crippen molar-refractivity contribution in [2.45, 2.75) is 32.6 Å². The van der Waals surface area contributed by atoms with Crippen LogP contribution in [0.1, 0.15) is 40.3 Å². The minimum Gasteiger partial charge on any atom is -0.262 e. The number of aryl methyl sites for hydroxylation is 3. The van der Waals surface area contributed by atoms with Gasteiger partial charge in [0.2, 0.25) is 0 Å². The van der Waals surface area contributed by atoms with Crippen molar-refractivity contribution in [2.24, 2.45) is 0 Å². The van der Waals surface area contributed by atoms with E-state index in [0.29, 0.717) is 5.92 Å². The van der Waals surface area contributed by atoms with E-state index in [9.17, 15) is 0 Å². The molecule has 0 spiro atoms. The largest absolute Gasteiger partial charge is 0.262 e. The Labute approximate surface area is 152 Å². The van der Waals surface area contributed by atoms with Crippen LogP contribution in [0.25, 0.3) is 0 Å². The molecular formula is C22H22BrN. The zero-order valence-corrected chi connectivity index (χ0v) is 15.8. The predicted molar refractivity (Wildman–Crippen MR) is 104 cm³/mol. The Balaban J connectivity index is 1.90. The van der Waals surface area contributed by atoms with Gasteiger partial charge in [-0.3, -0.25) is 4.98 Å². The second-order valence-corrected chi connectivity index (χ2v) is 7.22. The molecule has 1 aromatic heterocycles. The highest BCUT2D eigenvalue weighted by molar-refractivity contribution is 9.10. The molecule has 0 saturated heterocycles. The first-order valence-electron chi connectivity index (χ1n) is 8.36. The first-order valence-corrected chi connectivity index (χ1v) is 9.15. The summed E-state index contributed by atoms with van der Waals surface area (Å²) < 4.78 is 1.12. The van der Waals surface area contributed by atoms with Gasteiger partial charge in [0.05, 0.1) is 0 Å². The fourth-order valence-electron chi connectivity index (χ4n) is 3.25. The Morgan fingerprint density at radius 3 is 2.42 bits per heavy atom. The number of pyridine rings is 1. The summed E-state index contributed by atoms with van der Waals surface area (Å²) in [7, 11) is 0. The Morgan fingerprint density at radius 2 is 1.71 bits per heavy atom. The van der Waals surface area contributed by atoms with Gasteiger partial charge >= 0.3 is 0 Å². The van der Waals surface area contributed by atoms with Crippen LogP contribution >= 0.6 is 15.9 Å². The van der Waals surface area contributed by atoms with E-state index in [0.717, 1.165) is 23.0 Å². The van der Waals surface area contributed by atoms with Crippen molar-refractivity contribution in [2.75, 3.05) is 0 Å². The molecule has 24 heavy (non-hydrogen) atoms. The van der Waals surface area contributed by atoms with Crippen molar-refractivity contribution < 1.29 is 0 Å². The lowest BCUT2D eigenvalue weighted by molar-refractivity contribution is 0.710. The lowest BCUT2D eigenvalue weighted by atomic mass is 9.84. The Kier molecular flexibility index (Phi) is 5.47. The van der Waals surface area contributed by atoms with Crippen molar-refractivity contribution in [3.05, 3.63) is 99.3 Å². The van der Waals surface area contributed by atoms with E-state index in [4.69, 9.17) is 0 Å². The highest BCUT2D eigenvalue weighted by atomic mass is 79.9. The topological polar surface area (TPSA) is 12.9 Å². The number of benzene rings is 2. The molecule has 0 saturated carbocycles. The van der Waals surface area contributed by atoms with E-state index >= 15 is 0 Å². The molecule has 0 bridgehead atoms. The van der Waals surface area contributed by atoms with E-state index in [1.165, 1.54) is 22.3 Å². The standard InChI is InChI=1S/C22H22BrN/c1-16-5-3-4-6-21(16)22(19-8-10-20(23)11-9-19)12-7-18-13-14-24-17(2)15-18/h3-6,8-11,13-15,22H,7,12H2,1-2H3. The zero-order valence-electron chi connectivity index (χ0n) is 14.2. The van der Waals surface area contributed by atoms with Crippen LogP contribution in [-0.2, 0) is 6.42 Å². The summed E-state index contributed by atoms with van der Waals surface area (Å²) in [5, 5.41) is 0. The third-order valence-corrected chi connectivity index (χ3v) is 5.05. The van der Waals surface area contributed by atoms with Gasteiger partial charge in [-0.1, -0.05) is 52.3 Å². The molecule has 3 aromatic rings. The average Bonchev–Trinajstić information content (AvgIpc) is 2.58. The molecule has 0 radical (unpaired) electrons. The average molecular weight is 380 g/mol. The molecular weight excluding hydrogens is 358 g/mol. The maximum absolute atomic E-state index is 4.30. The molecule has 0 N–H and O–H groups in total. The molecule has 122 valence electrons. The van der Waals surface area contributed by atoms with Crippen LogP contribution in [0.2, 0.25) is 0 Å². The molecule has 0 aliphatic rings. The molecule has 1 atom stereocenters. The molecule has 0 aliphatic heterocycles. The van der Waals surface area contributed by atoms with Gasteiger partial charge in [-0.2, -0.15) is 0 Å². The van der Waals surface area contributed by atoms with E-state index in [-0.39, 0.29) is 0 Å². The van der Waals surface area contributed by atoms with Crippen LogP contribution in [0.4, 0.5) is 0 Å². The molecule has 2 aromatic carbocycles. The summed E-state index contributed by atoms with van der Waals surface area (Å²) >= 11 is 3.54. The highest BCUT2D eigenvalue weighted by Crippen LogP contribution is 2.32. The first-order chi connectivity index (χ1) is 11.6. The van der Waals surface area contributed by atoms with Crippen LogP contribution < -0.4 is 0 Å². The van der Waals surface area contributed by atoms with Crippen LogP contribution in [-0.4, -0.2) is 4.98 Å². The van der Waals surface area contributed by atoms with Gasteiger partial charge in [-0.05, 0) is 73.2 Å². The number of nitrogens with zero attached hydrogens (tertiary/aromatic N) is 1. The molecule has 2 heteroatoms. The second-order valence-electron chi connectivity index (χ2n) is 6.30. The van der Waals surface area contributed by atoms with E-state index in [2.05, 4.69) is 95.4 Å². The molecule has 0 fully saturated rings. The van der Waals surface area contributed by atoms with Crippen molar-refractivity contribution in [1.29, 1.82) is 0 Å². The quantitative estimate of drug-likeness (QED) is 0.512. The lowest BCUT2D eigenvalue weighted by Gasteiger charge is -2.20. The number of aromatic nitrogens is 1. The number of hydrogen-bond donors (Lipinski definition) is 0. The normalized spacial score (nSPS) is 12.1. The fraction of sp³-hybridized carbons (Fsp3) is 0.227. The summed E-state index contributed by atoms with van der Waals surface area (Å²) in [5.74, 6) is 0.410. The van der Waals surface area contributed by atoms with Crippen LogP contribution in [0.3, 0.4) is 0 Å². The summed E-state index contributed by atoms with van der Waals surface area (Å²) in [6.45, 7) is 4.26. The number of hydrogen-bond acceptors (Lipinski definition) is 1. The maximum Gasteiger partial charge on any atom is 0.0375 e. The monoisotopic (exact) mass is 379 g/mol. The van der Waals surface area contributed by atoms with E-state index in [1.54, 1.807) is 0 Å². The highest BCUT2D eigenvalue weighted by Gasteiger charge is 2.16. The SMILES string of the molecule is Cc1cc(CCC(c2ccc(Br)cc2)c2ccccc2C)ccn1. The fourth-order valence-corrected chi connectivity index (χ4v) is 3.51. The summed E-state index contributed by atoms with van der Waals surface area (Å²) in [6.07, 6.45) is 4.06. The molecule has 0 amide bonds. The van der Waals surface area contributed by atoms with Gasteiger partial charge in [0.15, 0.2) is 0 Å². The van der Waals surface area contributed by atoms with Crippen molar-refractivity contribution in [3.8, 4) is 0 Å². The van der Waals surface area contributed by atoms with Crippen LogP contribution in [0.15, 0.2) is 71.3 Å². The molecule has 3 rings (SSSR count). The zero-order chi connectivity index (χ0) is 16.9. The summed E-state index contributed by atoms with van der Waals surface area (Å²) in [4.78, 5) is 4.30. The van der Waals surface area contributed by atoms with Crippen molar-refractivity contribution >= 4 is 15.9 Å². The van der Waals surface area contributed by atoms with Crippen LogP contribution in [0, 0.1) is 13.8 Å². The van der Waals surface area contributed by atoms with Gasteiger partial charge in [0, 0.05) is 22.3 Å². The molecule has 1 unspecified atom stereocenters. The Hall–Kier alpha value is -1.93. The molecule has 0 aliphatic carbocycles. The third-order valence-electron chi connectivity index (χ3n) is 4.52. The summed E-state index contributed by atoms with van der Waals surface area (Å²) in [5.41, 5.74) is 6.60. The lowest BCUT2D eigenvalue weighted by Crippen LogP contribution is -2.05. The van der Waals surface area contributed by atoms with Gasteiger partial charge in [0.1, 0.15) is 0 Å². The maximum atomic E-state index is 4.30. The van der Waals surface area contributed by atoms with Gasteiger partial charge in [-0.25, -0.2) is 0 Å². The van der Waals surface area contributed by atoms with Gasteiger partial charge in [0.25, 0.3) is 0 Å². The number of halogens is 1. The third kappa shape index (κ3) is 4.12. The van der Waals surface area contributed by atoms with E-state index in [1.807, 2.05) is 6.20 Å². The van der Waals surface area contributed by atoms with Gasteiger partial charge < -0.3 is 0 Å². The first kappa shape index (κ1) is 16.9. The van der Waals surface area contributed by atoms with E-state index < -0.39 is 0 Å². The van der Waals surface area contributed by atoms with Crippen molar-refractivity contribution in [3.63, 3.8) is 0 Å². The molecule has 1 nitrogen and oxygen atoms in total. The minimum atomic E-state index is 0.410. The van der Waals surface area contributed by atoms with Crippen LogP contribution in [0.5, 0.6) is 0 Å². The second kappa shape index (κ2) is 7.76. The molecule has 1 heterocycles. The van der Waals surface area contributed by atoms with Gasteiger partial charge in [-0.15, -0.1) is 0 Å². The Morgan fingerprint density at radius 1 is 0.958 bits per heavy atom. The minimum absolute atomic E-state index is 0.410. The predicted octanol–water partition coefficient (Wildman–Crippen LogP) is 6.23. The number of rotatable bonds is 5.